The van der Waals surface area contributed by atoms with Gasteiger partial charge < -0.3 is 0 Å². The Balaban J connectivity index is 1.62. The minimum atomic E-state index is -0.0280. The second-order valence-electron chi connectivity index (χ2n) is 9.25. The zero-order chi connectivity index (χ0) is 24.8. The maximum Gasteiger partial charge on any atom is 0.329 e. The molecule has 0 saturated carbocycles. The van der Waals surface area contributed by atoms with Crippen molar-refractivity contribution in [2.45, 2.75) is 66.0 Å². The van der Waals surface area contributed by atoms with Crippen molar-refractivity contribution in [3.05, 3.63) is 69.6 Å². The predicted octanol–water partition coefficient (Wildman–Crippen LogP) is 5.37. The third-order valence-corrected chi connectivity index (χ3v) is 6.65. The first-order valence-corrected chi connectivity index (χ1v) is 12.6. The molecule has 1 aromatic carbocycles. The second-order valence-corrected chi connectivity index (χ2v) is 9.61. The zero-order valence-corrected chi connectivity index (χ0v) is 21.3. The highest BCUT2D eigenvalue weighted by atomic mass is 35.5. The highest BCUT2D eigenvalue weighted by Crippen LogP contribution is 2.29. The molecular weight excluding hydrogens is 462 g/mol. The molecule has 0 aliphatic carbocycles. The molecule has 8 nitrogen and oxygen atoms in total. The Morgan fingerprint density at radius 3 is 2.54 bits per heavy atom. The minimum Gasteiger partial charge on any atom is -0.290 e. The summed E-state index contributed by atoms with van der Waals surface area (Å²) in [6.07, 6.45) is 8.46. The lowest BCUT2D eigenvalue weighted by Crippen LogP contribution is -2.26. The molecule has 3 heterocycles. The topological polar surface area (TPSA) is 94.3 Å². The van der Waals surface area contributed by atoms with Gasteiger partial charge in [-0.3, -0.25) is 14.1 Å². The molecule has 3 aromatic heterocycles. The van der Waals surface area contributed by atoms with Crippen molar-refractivity contribution in [3.63, 3.8) is 0 Å². The number of H-pyrrole nitrogens is 1. The molecule has 184 valence electrons. The van der Waals surface area contributed by atoms with Gasteiger partial charge in [-0.05, 0) is 53.2 Å². The zero-order valence-electron chi connectivity index (χ0n) is 20.5. The largest absolute Gasteiger partial charge is 0.329 e. The van der Waals surface area contributed by atoms with Gasteiger partial charge in [0.05, 0.1) is 12.2 Å². The van der Waals surface area contributed by atoms with Gasteiger partial charge in [0.15, 0.2) is 0 Å². The van der Waals surface area contributed by atoms with E-state index in [1.165, 1.54) is 0 Å². The van der Waals surface area contributed by atoms with E-state index in [1.54, 1.807) is 17.0 Å². The van der Waals surface area contributed by atoms with E-state index < -0.39 is 0 Å². The number of rotatable bonds is 11. The quantitative estimate of drug-likeness (QED) is 0.283. The molecule has 0 unspecified atom stereocenters. The Labute approximate surface area is 210 Å². The molecule has 0 fully saturated rings. The number of tetrazole rings is 1. The van der Waals surface area contributed by atoms with Gasteiger partial charge in [0.25, 0.3) is 0 Å². The molecule has 9 heteroatoms. The number of pyridine rings is 1. The van der Waals surface area contributed by atoms with Crippen molar-refractivity contribution in [2.24, 2.45) is 5.92 Å². The molecule has 0 bridgehead atoms. The average Bonchev–Trinajstić information content (AvgIpc) is 3.47. The van der Waals surface area contributed by atoms with Crippen molar-refractivity contribution < 1.29 is 0 Å². The molecule has 0 aliphatic rings. The highest BCUT2D eigenvalue weighted by molar-refractivity contribution is 6.30. The summed E-state index contributed by atoms with van der Waals surface area (Å²) in [5.41, 5.74) is 4.73. The van der Waals surface area contributed by atoms with Crippen LogP contribution in [0.25, 0.3) is 22.5 Å². The number of aromatic nitrogens is 7. The molecule has 35 heavy (non-hydrogen) atoms. The van der Waals surface area contributed by atoms with Gasteiger partial charge >= 0.3 is 5.69 Å². The van der Waals surface area contributed by atoms with Crippen LogP contribution in [0.1, 0.15) is 57.7 Å². The average molecular weight is 494 g/mol. The number of nitrogens with one attached hydrogen (secondary N) is 1. The van der Waals surface area contributed by atoms with Gasteiger partial charge in [-0.2, -0.15) is 5.21 Å². The third-order valence-electron chi connectivity index (χ3n) is 6.22. The summed E-state index contributed by atoms with van der Waals surface area (Å²) < 4.78 is 3.59. The molecule has 4 rings (SSSR count). The Bertz CT molecular complexity index is 1290. The first-order chi connectivity index (χ1) is 17.0. The fourth-order valence-electron chi connectivity index (χ4n) is 4.21. The monoisotopic (exact) mass is 493 g/mol. The maximum atomic E-state index is 13.3. The van der Waals surface area contributed by atoms with E-state index >= 15 is 0 Å². The standard InChI is InChI=1S/C26H32ClN7O/c1-4-5-6-7-23-24(27)33(15-13-18(2)3)26(35)34(23)17-19-8-10-20(11-9-19)21-12-14-28-16-22(21)25-29-31-32-30-25/h8-12,14,16,18H,4-7,13,15,17H2,1-3H3,(H,29,30,31,32). The van der Waals surface area contributed by atoms with Gasteiger partial charge in [0.1, 0.15) is 5.15 Å². The van der Waals surface area contributed by atoms with Gasteiger partial charge in [-0.15, -0.1) is 10.2 Å². The van der Waals surface area contributed by atoms with Crippen LogP contribution in [0.4, 0.5) is 0 Å². The molecule has 1 N–H and O–H groups in total. The van der Waals surface area contributed by atoms with Crippen LogP contribution in [0, 0.1) is 5.92 Å². The second kappa shape index (κ2) is 11.4. The number of unbranched alkanes of at least 4 members (excludes halogenated alkanes) is 2. The van der Waals surface area contributed by atoms with Crippen molar-refractivity contribution in [3.8, 4) is 22.5 Å². The molecule has 0 saturated heterocycles. The first kappa shape index (κ1) is 24.9. The predicted molar refractivity (Wildman–Crippen MR) is 138 cm³/mol. The van der Waals surface area contributed by atoms with E-state index in [-0.39, 0.29) is 5.69 Å². The van der Waals surface area contributed by atoms with Crippen LogP contribution in [-0.2, 0) is 19.5 Å². The summed E-state index contributed by atoms with van der Waals surface area (Å²) >= 11 is 6.75. The van der Waals surface area contributed by atoms with Crippen LogP contribution in [0.15, 0.2) is 47.5 Å². The van der Waals surface area contributed by atoms with Crippen LogP contribution in [0.5, 0.6) is 0 Å². The van der Waals surface area contributed by atoms with Gasteiger partial charge in [0.2, 0.25) is 5.82 Å². The summed E-state index contributed by atoms with van der Waals surface area (Å²) in [5, 5.41) is 14.9. The van der Waals surface area contributed by atoms with Crippen LogP contribution in [-0.4, -0.2) is 34.7 Å². The summed E-state index contributed by atoms with van der Waals surface area (Å²) in [5.74, 6) is 1.00. The van der Waals surface area contributed by atoms with Crippen LogP contribution < -0.4 is 5.69 Å². The lowest BCUT2D eigenvalue weighted by Gasteiger charge is -2.10. The molecule has 0 aliphatic heterocycles. The van der Waals surface area contributed by atoms with Crippen LogP contribution >= 0.6 is 11.6 Å². The lowest BCUT2D eigenvalue weighted by atomic mass is 10.00. The molecule has 0 radical (unpaired) electrons. The van der Waals surface area contributed by atoms with Crippen molar-refractivity contribution in [2.75, 3.05) is 0 Å². The highest BCUT2D eigenvalue weighted by Gasteiger charge is 2.19. The maximum absolute atomic E-state index is 13.3. The van der Waals surface area contributed by atoms with Crippen molar-refractivity contribution in [1.82, 2.24) is 34.7 Å². The van der Waals surface area contributed by atoms with E-state index in [2.05, 4.69) is 58.5 Å². The number of halogens is 1. The van der Waals surface area contributed by atoms with Crippen molar-refractivity contribution in [1.29, 1.82) is 0 Å². The smallest absolute Gasteiger partial charge is 0.290 e. The van der Waals surface area contributed by atoms with E-state index in [1.807, 2.05) is 22.8 Å². The molecule has 4 aromatic rings. The van der Waals surface area contributed by atoms with Gasteiger partial charge in [0, 0.05) is 24.5 Å². The molecule has 0 amide bonds. The van der Waals surface area contributed by atoms with E-state index in [9.17, 15) is 4.79 Å². The minimum absolute atomic E-state index is 0.0280. The summed E-state index contributed by atoms with van der Waals surface area (Å²) in [6, 6.07) is 10.1. The number of hydrogen-bond acceptors (Lipinski definition) is 5. The number of aromatic amines is 1. The molecule has 0 atom stereocenters. The normalized spacial score (nSPS) is 11.5. The molecular formula is C26H32ClN7O. The number of imidazole rings is 1. The van der Waals surface area contributed by atoms with Crippen LogP contribution in [0.2, 0.25) is 5.15 Å². The summed E-state index contributed by atoms with van der Waals surface area (Å²) in [6.45, 7) is 7.63. The summed E-state index contributed by atoms with van der Waals surface area (Å²) in [4.78, 5) is 17.5. The third kappa shape index (κ3) is 5.70. The first-order valence-electron chi connectivity index (χ1n) is 12.2. The van der Waals surface area contributed by atoms with E-state index in [0.29, 0.717) is 30.0 Å². The number of nitrogens with zero attached hydrogens (tertiary/aromatic N) is 6. The summed E-state index contributed by atoms with van der Waals surface area (Å²) in [7, 11) is 0. The Hall–Kier alpha value is -3.26. The van der Waals surface area contributed by atoms with Crippen molar-refractivity contribution >= 4 is 11.6 Å². The van der Waals surface area contributed by atoms with E-state index in [0.717, 1.165) is 60.1 Å². The van der Waals surface area contributed by atoms with Crippen LogP contribution in [0.3, 0.4) is 0 Å². The number of hydrogen-bond donors (Lipinski definition) is 1. The Morgan fingerprint density at radius 2 is 1.86 bits per heavy atom. The SMILES string of the molecule is CCCCCc1c(Cl)n(CCC(C)C)c(=O)n1Cc1ccc(-c2ccncc2-c2nn[nH]n2)cc1. The fourth-order valence-corrected chi connectivity index (χ4v) is 4.56. The number of benzene rings is 1. The Morgan fingerprint density at radius 1 is 1.06 bits per heavy atom. The Kier molecular flexibility index (Phi) is 8.13. The molecule has 0 spiro atoms. The fraction of sp³-hybridized carbons (Fsp3) is 0.423. The van der Waals surface area contributed by atoms with Gasteiger partial charge in [-0.25, -0.2) is 4.79 Å². The van der Waals surface area contributed by atoms with E-state index in [4.69, 9.17) is 11.6 Å². The lowest BCUT2D eigenvalue weighted by molar-refractivity contribution is 0.503. The van der Waals surface area contributed by atoms with Gasteiger partial charge in [-0.1, -0.05) is 69.5 Å².